The highest BCUT2D eigenvalue weighted by atomic mass is 16.6. The largest absolute Gasteiger partial charge is 0.497 e. The molecule has 16 heavy (non-hydrogen) atoms. The molecule has 0 spiro atoms. The van der Waals surface area contributed by atoms with E-state index in [9.17, 15) is 15.2 Å². The van der Waals surface area contributed by atoms with Crippen molar-refractivity contribution in [2.45, 2.75) is 6.10 Å². The predicted octanol–water partition coefficient (Wildman–Crippen LogP) is 1.01. The summed E-state index contributed by atoms with van der Waals surface area (Å²) in [7, 11) is 2.93. The molecule has 6 heteroatoms. The van der Waals surface area contributed by atoms with Crippen LogP contribution in [-0.4, -0.2) is 30.8 Å². The van der Waals surface area contributed by atoms with Gasteiger partial charge in [0.25, 0.3) is 0 Å². The second-order valence-electron chi connectivity index (χ2n) is 3.14. The molecule has 6 nitrogen and oxygen atoms in total. The summed E-state index contributed by atoms with van der Waals surface area (Å²) < 4.78 is 10.0. The standard InChI is InChI=1S/C10H13NO5/c1-15-7-3-4-8(10(5-7)16-2)9(12)6-11(13)14/h3-5,9,12H,6H2,1-2H3/t9-/m0/s1. The molecule has 0 bridgehead atoms. The molecule has 0 saturated carbocycles. The number of rotatable bonds is 5. The molecule has 1 N–H and O–H groups in total. The van der Waals surface area contributed by atoms with Crippen LogP contribution in [0.1, 0.15) is 11.7 Å². The molecular weight excluding hydrogens is 214 g/mol. The van der Waals surface area contributed by atoms with E-state index in [-0.39, 0.29) is 0 Å². The van der Waals surface area contributed by atoms with E-state index >= 15 is 0 Å². The number of methoxy groups -OCH3 is 2. The molecule has 0 radical (unpaired) electrons. The van der Waals surface area contributed by atoms with E-state index in [4.69, 9.17) is 9.47 Å². The molecule has 1 aromatic rings. The second kappa shape index (κ2) is 5.32. The molecule has 1 aromatic carbocycles. The first-order valence-electron chi connectivity index (χ1n) is 4.60. The number of hydrogen-bond acceptors (Lipinski definition) is 5. The number of nitrogens with zero attached hydrogens (tertiary/aromatic N) is 1. The highest BCUT2D eigenvalue weighted by molar-refractivity contribution is 5.41. The maximum Gasteiger partial charge on any atom is 0.233 e. The Balaban J connectivity index is 2.98. The van der Waals surface area contributed by atoms with Crippen molar-refractivity contribution in [2.24, 2.45) is 0 Å². The molecule has 0 heterocycles. The van der Waals surface area contributed by atoms with E-state index in [1.165, 1.54) is 14.2 Å². The Bertz CT molecular complexity index is 379. The van der Waals surface area contributed by atoms with Crippen molar-refractivity contribution < 1.29 is 19.5 Å². The average molecular weight is 227 g/mol. The van der Waals surface area contributed by atoms with E-state index in [0.717, 1.165) is 0 Å². The van der Waals surface area contributed by atoms with Gasteiger partial charge in [0.1, 0.15) is 17.6 Å². The van der Waals surface area contributed by atoms with Gasteiger partial charge in [0.2, 0.25) is 6.54 Å². The van der Waals surface area contributed by atoms with Crippen molar-refractivity contribution in [3.05, 3.63) is 33.9 Å². The van der Waals surface area contributed by atoms with Crippen molar-refractivity contribution >= 4 is 0 Å². The van der Waals surface area contributed by atoms with Crippen LogP contribution in [-0.2, 0) is 0 Å². The van der Waals surface area contributed by atoms with Crippen molar-refractivity contribution in [3.63, 3.8) is 0 Å². The van der Waals surface area contributed by atoms with E-state index in [0.29, 0.717) is 17.1 Å². The molecule has 0 saturated heterocycles. The van der Waals surface area contributed by atoms with Gasteiger partial charge >= 0.3 is 0 Å². The highest BCUT2D eigenvalue weighted by Crippen LogP contribution is 2.29. The molecule has 0 aliphatic carbocycles. The van der Waals surface area contributed by atoms with Crippen LogP contribution in [0.5, 0.6) is 11.5 Å². The first-order valence-corrected chi connectivity index (χ1v) is 4.60. The summed E-state index contributed by atoms with van der Waals surface area (Å²) in [6.07, 6.45) is -1.18. The third-order valence-corrected chi connectivity index (χ3v) is 2.12. The fourth-order valence-corrected chi connectivity index (χ4v) is 1.33. The Morgan fingerprint density at radius 1 is 1.44 bits per heavy atom. The average Bonchev–Trinajstić information content (AvgIpc) is 2.27. The topological polar surface area (TPSA) is 81.8 Å². The number of nitro groups is 1. The Kier molecular flexibility index (Phi) is 4.07. The van der Waals surface area contributed by atoms with Crippen LogP contribution in [0.15, 0.2) is 18.2 Å². The molecular formula is C10H13NO5. The summed E-state index contributed by atoms with van der Waals surface area (Å²) in [4.78, 5) is 9.71. The van der Waals surface area contributed by atoms with Crippen molar-refractivity contribution in [3.8, 4) is 11.5 Å². The zero-order chi connectivity index (χ0) is 12.1. The van der Waals surface area contributed by atoms with Gasteiger partial charge in [-0.2, -0.15) is 0 Å². The van der Waals surface area contributed by atoms with Crippen molar-refractivity contribution in [1.82, 2.24) is 0 Å². The number of benzene rings is 1. The summed E-state index contributed by atoms with van der Waals surface area (Å²) in [5.41, 5.74) is 0.375. The lowest BCUT2D eigenvalue weighted by Gasteiger charge is -2.12. The number of hydrogen-bond donors (Lipinski definition) is 1. The fraction of sp³-hybridized carbons (Fsp3) is 0.400. The maximum absolute atomic E-state index is 10.3. The van der Waals surface area contributed by atoms with Crippen LogP contribution in [0.2, 0.25) is 0 Å². The second-order valence-corrected chi connectivity index (χ2v) is 3.14. The maximum atomic E-state index is 10.3. The van der Waals surface area contributed by atoms with Gasteiger partial charge in [-0.3, -0.25) is 10.1 Å². The molecule has 0 aliphatic rings. The van der Waals surface area contributed by atoms with Crippen LogP contribution < -0.4 is 9.47 Å². The lowest BCUT2D eigenvalue weighted by atomic mass is 10.1. The van der Waals surface area contributed by atoms with Crippen molar-refractivity contribution in [1.29, 1.82) is 0 Å². The SMILES string of the molecule is COc1ccc([C@@H](O)C[N+](=O)[O-])c(OC)c1. The molecule has 88 valence electrons. The molecule has 0 aliphatic heterocycles. The summed E-state index contributed by atoms with van der Waals surface area (Å²) in [5, 5.41) is 19.9. The first-order chi connectivity index (χ1) is 7.58. The summed E-state index contributed by atoms with van der Waals surface area (Å²) in [6, 6.07) is 4.73. The summed E-state index contributed by atoms with van der Waals surface area (Å²) >= 11 is 0. The predicted molar refractivity (Wildman–Crippen MR) is 56.4 cm³/mol. The van der Waals surface area contributed by atoms with Gasteiger partial charge < -0.3 is 14.6 Å². The van der Waals surface area contributed by atoms with Gasteiger partial charge in [0.05, 0.1) is 14.2 Å². The summed E-state index contributed by atoms with van der Waals surface area (Å²) in [5.74, 6) is 0.933. The first kappa shape index (κ1) is 12.3. The van der Waals surface area contributed by atoms with Crippen LogP contribution in [0.25, 0.3) is 0 Å². The Labute approximate surface area is 92.6 Å². The van der Waals surface area contributed by atoms with Gasteiger partial charge in [0.15, 0.2) is 0 Å². The van der Waals surface area contributed by atoms with Crippen LogP contribution in [0, 0.1) is 10.1 Å². The van der Waals surface area contributed by atoms with Gasteiger partial charge in [-0.05, 0) is 12.1 Å². The van der Waals surface area contributed by atoms with E-state index in [1.54, 1.807) is 18.2 Å². The van der Waals surface area contributed by atoms with Crippen molar-refractivity contribution in [2.75, 3.05) is 20.8 Å². The van der Waals surface area contributed by atoms with E-state index in [2.05, 4.69) is 0 Å². The van der Waals surface area contributed by atoms with E-state index in [1.807, 2.05) is 0 Å². The number of aliphatic hydroxyl groups is 1. The van der Waals surface area contributed by atoms with Crippen LogP contribution in [0.4, 0.5) is 0 Å². The molecule has 0 aromatic heterocycles. The molecule has 0 amide bonds. The highest BCUT2D eigenvalue weighted by Gasteiger charge is 2.18. The smallest absolute Gasteiger partial charge is 0.233 e. The van der Waals surface area contributed by atoms with Crippen LogP contribution >= 0.6 is 0 Å². The minimum atomic E-state index is -1.18. The quantitative estimate of drug-likeness (QED) is 0.599. The normalized spacial score (nSPS) is 11.9. The fourth-order valence-electron chi connectivity index (χ4n) is 1.33. The van der Waals surface area contributed by atoms with Crippen LogP contribution in [0.3, 0.4) is 0 Å². The van der Waals surface area contributed by atoms with Gasteiger partial charge in [0, 0.05) is 16.6 Å². The minimum Gasteiger partial charge on any atom is -0.497 e. The molecule has 0 unspecified atom stereocenters. The number of ether oxygens (including phenoxy) is 2. The zero-order valence-electron chi connectivity index (χ0n) is 9.04. The molecule has 1 atom stereocenters. The lowest BCUT2D eigenvalue weighted by molar-refractivity contribution is -0.491. The third kappa shape index (κ3) is 2.83. The Hall–Kier alpha value is -1.82. The zero-order valence-corrected chi connectivity index (χ0v) is 9.04. The minimum absolute atomic E-state index is 0.369. The Morgan fingerprint density at radius 3 is 2.62 bits per heavy atom. The molecule has 0 fully saturated rings. The summed E-state index contributed by atoms with van der Waals surface area (Å²) in [6.45, 7) is -0.553. The lowest BCUT2D eigenvalue weighted by Crippen LogP contribution is -2.12. The monoisotopic (exact) mass is 227 g/mol. The van der Waals surface area contributed by atoms with Gasteiger partial charge in [-0.15, -0.1) is 0 Å². The Morgan fingerprint density at radius 2 is 2.12 bits per heavy atom. The van der Waals surface area contributed by atoms with E-state index < -0.39 is 17.6 Å². The third-order valence-electron chi connectivity index (χ3n) is 2.12. The molecule has 1 rings (SSSR count). The van der Waals surface area contributed by atoms with Gasteiger partial charge in [-0.25, -0.2) is 0 Å². The van der Waals surface area contributed by atoms with Gasteiger partial charge in [-0.1, -0.05) is 0 Å². The number of aliphatic hydroxyl groups excluding tert-OH is 1.